The Balaban J connectivity index is 0.749. The minimum absolute atomic E-state index is 1.11. The van der Waals surface area contributed by atoms with E-state index in [9.17, 15) is 0 Å². The van der Waals surface area contributed by atoms with Gasteiger partial charge in [-0.3, -0.25) is 0 Å². The van der Waals surface area contributed by atoms with Gasteiger partial charge in [-0.2, -0.15) is 0 Å². The van der Waals surface area contributed by atoms with Crippen LogP contribution >= 0.6 is 0 Å². The second kappa shape index (κ2) is 25.6. The fourth-order valence-electron chi connectivity index (χ4n) is 18.4. The molecule has 0 aliphatic rings. The van der Waals surface area contributed by atoms with Gasteiger partial charge in [0.15, 0.2) is 16.1 Å². The van der Waals surface area contributed by atoms with Gasteiger partial charge >= 0.3 is 0 Å². The molecule has 0 N–H and O–H groups in total. The van der Waals surface area contributed by atoms with Gasteiger partial charge < -0.3 is 18.3 Å². The standard InChI is InChI=1S/C102H70N4Si2/c1-11-34-75(35-12-1)103-95-62-54-73(67-91(95)87-58-60-89-93-69-85(56-64-97(93)105(101(89)99(87)103)77-38-15-3-16-39-77)107(79-42-19-5-20-43-79,80-44-21-6-22-45-80)81-46-23-7-24-47-81)71-32-31-33-72(66-71)74-55-63-96-92(68-74)88-59-61-90-94-70-86(108(82-48-25-8-26-49-82,83-50-27-9-28-51-83)84-52-29-10-30-53-84)57-65-98(94)106(78-40-17-4-18-41-78)102(90)100(88)104(96)76-36-13-2-14-37-76/h1-70H. The summed E-state index contributed by atoms with van der Waals surface area (Å²) in [6.07, 6.45) is 0. The van der Waals surface area contributed by atoms with Gasteiger partial charge in [0.25, 0.3) is 0 Å². The van der Waals surface area contributed by atoms with E-state index in [0.29, 0.717) is 0 Å². The lowest BCUT2D eigenvalue weighted by Crippen LogP contribution is -2.74. The van der Waals surface area contributed by atoms with E-state index in [1.165, 1.54) is 118 Å². The molecule has 0 atom stereocenters. The van der Waals surface area contributed by atoms with Crippen molar-refractivity contribution in [3.05, 3.63) is 425 Å². The van der Waals surface area contributed by atoms with Gasteiger partial charge in [-0.1, -0.05) is 334 Å². The molecule has 6 heteroatoms. The maximum atomic E-state index is 2.55. The number of benzene rings is 17. The summed E-state index contributed by atoms with van der Waals surface area (Å²) in [5.41, 5.74) is 18.4. The maximum absolute atomic E-state index is 2.89. The van der Waals surface area contributed by atoms with Crippen LogP contribution in [0.15, 0.2) is 425 Å². The molecule has 0 aliphatic carbocycles. The average Bonchev–Trinajstić information content (AvgIpc) is 1.54. The molecule has 108 heavy (non-hydrogen) atoms. The van der Waals surface area contributed by atoms with E-state index < -0.39 is 16.1 Å². The van der Waals surface area contributed by atoms with Crippen LogP contribution in [0.1, 0.15) is 0 Å². The van der Waals surface area contributed by atoms with E-state index in [-0.39, 0.29) is 0 Å². The summed E-state index contributed by atoms with van der Waals surface area (Å²) in [6, 6.07) is 159. The molecule has 0 unspecified atom stereocenters. The highest BCUT2D eigenvalue weighted by atomic mass is 28.3. The smallest absolute Gasteiger partial charge is 0.179 e. The molecule has 4 nitrogen and oxygen atoms in total. The lowest BCUT2D eigenvalue weighted by molar-refractivity contribution is 1.15. The van der Waals surface area contributed by atoms with Gasteiger partial charge in [0, 0.05) is 65.8 Å². The third-order valence-electron chi connectivity index (χ3n) is 23.0. The van der Waals surface area contributed by atoms with Crippen LogP contribution in [0.25, 0.3) is 132 Å². The van der Waals surface area contributed by atoms with Crippen molar-refractivity contribution in [1.82, 2.24) is 18.3 Å². The molecular formula is C102H70N4Si2. The van der Waals surface area contributed by atoms with E-state index in [1.807, 2.05) is 0 Å². The van der Waals surface area contributed by atoms with Crippen LogP contribution in [0.2, 0.25) is 0 Å². The van der Waals surface area contributed by atoms with E-state index in [0.717, 1.165) is 56.0 Å². The topological polar surface area (TPSA) is 19.7 Å². The van der Waals surface area contributed by atoms with Crippen LogP contribution < -0.4 is 41.5 Å². The van der Waals surface area contributed by atoms with Gasteiger partial charge in [-0.25, -0.2) is 0 Å². The van der Waals surface area contributed by atoms with E-state index in [4.69, 9.17) is 0 Å². The Morgan fingerprint density at radius 3 is 0.602 bits per heavy atom. The maximum Gasteiger partial charge on any atom is 0.179 e. The molecule has 21 rings (SSSR count). The number of nitrogens with zero attached hydrogens (tertiary/aromatic N) is 4. The summed E-state index contributed by atoms with van der Waals surface area (Å²) in [4.78, 5) is 0. The van der Waals surface area contributed by atoms with Crippen LogP contribution in [0.5, 0.6) is 0 Å². The molecule has 506 valence electrons. The zero-order chi connectivity index (χ0) is 71.3. The van der Waals surface area contributed by atoms with E-state index in [1.54, 1.807) is 0 Å². The predicted molar refractivity (Wildman–Crippen MR) is 462 cm³/mol. The molecule has 0 amide bonds. The normalized spacial score (nSPS) is 12.1. The minimum atomic E-state index is -2.89. The van der Waals surface area contributed by atoms with Crippen molar-refractivity contribution >= 4 is 145 Å². The molecule has 0 fully saturated rings. The summed E-state index contributed by atoms with van der Waals surface area (Å²) < 4.78 is 10.1. The predicted octanol–water partition coefficient (Wildman–Crippen LogP) is 20.2. The highest BCUT2D eigenvalue weighted by Gasteiger charge is 2.43. The molecule has 4 heterocycles. The van der Waals surface area contributed by atoms with Crippen molar-refractivity contribution in [2.45, 2.75) is 0 Å². The van der Waals surface area contributed by atoms with Crippen molar-refractivity contribution in [3.63, 3.8) is 0 Å². The van der Waals surface area contributed by atoms with Crippen molar-refractivity contribution in [3.8, 4) is 45.0 Å². The number of hydrogen-bond acceptors (Lipinski definition) is 0. The number of rotatable bonds is 14. The summed E-state index contributed by atoms with van der Waals surface area (Å²) in [6.45, 7) is 0. The van der Waals surface area contributed by atoms with Gasteiger partial charge in [0.2, 0.25) is 0 Å². The third-order valence-corrected chi connectivity index (χ3v) is 32.6. The molecule has 0 radical (unpaired) electrons. The first-order valence-electron chi connectivity index (χ1n) is 37.4. The van der Waals surface area contributed by atoms with Crippen LogP contribution in [0.4, 0.5) is 0 Å². The minimum Gasteiger partial charge on any atom is -0.307 e. The average molecular weight is 1410 g/mol. The first-order chi connectivity index (χ1) is 53.6. The SMILES string of the molecule is c1ccc(-n2c3ccc(-c4cccc(-c5ccc6c(c5)c5ccc7c8cc([Si](c9ccccc9)(c9ccccc9)c9ccccc9)ccc8n(-c8ccccc8)c7c5n6-c5ccccc5)c4)cc3c3ccc4c5cc([Si](c6ccccc6)(c6ccccc6)c6ccccc6)ccc5n(-c5ccccc5)c4c32)cc1. The number of fused-ring (bicyclic) bond motifs is 14. The van der Waals surface area contributed by atoms with Crippen LogP contribution in [0.3, 0.4) is 0 Å². The first kappa shape index (κ1) is 62.9. The lowest BCUT2D eigenvalue weighted by atomic mass is 9.97. The molecule has 0 spiro atoms. The van der Waals surface area contributed by atoms with Crippen molar-refractivity contribution in [2.75, 3.05) is 0 Å². The monoisotopic (exact) mass is 1410 g/mol. The highest BCUT2D eigenvalue weighted by molar-refractivity contribution is 7.20. The molecule has 0 bridgehead atoms. The highest BCUT2D eigenvalue weighted by Crippen LogP contribution is 2.46. The summed E-state index contributed by atoms with van der Waals surface area (Å²) in [7, 11) is -5.78. The lowest BCUT2D eigenvalue weighted by Gasteiger charge is -2.34. The first-order valence-corrected chi connectivity index (χ1v) is 41.4. The quantitative estimate of drug-likeness (QED) is 0.0764. The van der Waals surface area contributed by atoms with Crippen LogP contribution in [-0.2, 0) is 0 Å². The number of para-hydroxylation sites is 4. The van der Waals surface area contributed by atoms with Crippen molar-refractivity contribution in [2.24, 2.45) is 0 Å². The Hall–Kier alpha value is -13.6. The molecule has 4 aromatic heterocycles. The Kier molecular flexibility index (Phi) is 14.9. The van der Waals surface area contributed by atoms with E-state index in [2.05, 4.69) is 443 Å². The summed E-state index contributed by atoms with van der Waals surface area (Å²) in [5, 5.41) is 20.5. The van der Waals surface area contributed by atoms with Gasteiger partial charge in [0.05, 0.1) is 44.1 Å². The van der Waals surface area contributed by atoms with Crippen LogP contribution in [0, 0.1) is 0 Å². The molecule has 0 saturated heterocycles. The summed E-state index contributed by atoms with van der Waals surface area (Å²) in [5.74, 6) is 0. The molecule has 17 aromatic carbocycles. The Labute approximate surface area is 628 Å². The van der Waals surface area contributed by atoms with Gasteiger partial charge in [-0.05, 0) is 155 Å². The Morgan fingerprint density at radius 2 is 0.352 bits per heavy atom. The zero-order valence-corrected chi connectivity index (χ0v) is 61.2. The largest absolute Gasteiger partial charge is 0.307 e. The molecule has 21 aromatic rings. The van der Waals surface area contributed by atoms with Crippen molar-refractivity contribution in [1.29, 1.82) is 0 Å². The molecule has 0 saturated carbocycles. The second-order valence-electron chi connectivity index (χ2n) is 28.6. The third kappa shape index (κ3) is 9.67. The van der Waals surface area contributed by atoms with Gasteiger partial charge in [-0.15, -0.1) is 0 Å². The number of hydrogen-bond donors (Lipinski definition) is 0. The Bertz CT molecular complexity index is 6370. The van der Waals surface area contributed by atoms with Gasteiger partial charge in [0.1, 0.15) is 0 Å². The Morgan fingerprint density at radius 1 is 0.139 bits per heavy atom. The fraction of sp³-hybridized carbons (Fsp3) is 0. The molecule has 0 aliphatic heterocycles. The van der Waals surface area contributed by atoms with Crippen molar-refractivity contribution < 1.29 is 0 Å². The van der Waals surface area contributed by atoms with E-state index >= 15 is 0 Å². The fourth-order valence-corrected chi connectivity index (χ4v) is 28.0. The van der Waals surface area contributed by atoms with Crippen LogP contribution in [-0.4, -0.2) is 34.4 Å². The summed E-state index contributed by atoms with van der Waals surface area (Å²) >= 11 is 0. The second-order valence-corrected chi connectivity index (χ2v) is 36.2. The number of aromatic nitrogens is 4. The zero-order valence-electron chi connectivity index (χ0n) is 59.2. The molecular weight excluding hydrogens is 1340 g/mol.